The molecule has 2 N–H and O–H groups in total. The third-order valence-electron chi connectivity index (χ3n) is 4.04. The largest absolute Gasteiger partial charge is 0.391 e. The van der Waals surface area contributed by atoms with Crippen LogP contribution in [0.15, 0.2) is 0 Å². The van der Waals surface area contributed by atoms with Crippen LogP contribution in [0.4, 0.5) is 0 Å². The van der Waals surface area contributed by atoms with Crippen LogP contribution in [0.3, 0.4) is 0 Å². The smallest absolute Gasteiger partial charge is 0.249 e. The summed E-state index contributed by atoms with van der Waals surface area (Å²) in [5.74, 6) is -0.0960. The molecular formula is C16H31NO3. The Kier molecular flexibility index (Phi) is 6.96. The van der Waals surface area contributed by atoms with Crippen molar-refractivity contribution < 1.29 is 14.6 Å². The molecule has 0 aliphatic heterocycles. The minimum Gasteiger partial charge on any atom is -0.391 e. The van der Waals surface area contributed by atoms with Crippen LogP contribution in [0.2, 0.25) is 0 Å². The van der Waals surface area contributed by atoms with Gasteiger partial charge in [-0.25, -0.2) is 0 Å². The molecule has 0 saturated heterocycles. The lowest BCUT2D eigenvalue weighted by Gasteiger charge is -2.28. The van der Waals surface area contributed by atoms with Crippen LogP contribution in [-0.4, -0.2) is 35.9 Å². The summed E-state index contributed by atoms with van der Waals surface area (Å²) in [5, 5.41) is 12.8. The summed E-state index contributed by atoms with van der Waals surface area (Å²) in [6.45, 7) is 8.12. The zero-order chi connectivity index (χ0) is 15.2. The van der Waals surface area contributed by atoms with Crippen LogP contribution >= 0.6 is 0 Å². The molecular weight excluding hydrogens is 254 g/mol. The number of hydrogen-bond acceptors (Lipinski definition) is 3. The Morgan fingerprint density at radius 3 is 2.40 bits per heavy atom. The molecule has 1 rings (SSSR count). The highest BCUT2D eigenvalue weighted by molar-refractivity contribution is 5.80. The second-order valence-corrected chi connectivity index (χ2v) is 6.92. The van der Waals surface area contributed by atoms with Gasteiger partial charge in [0.15, 0.2) is 0 Å². The first-order valence-electron chi connectivity index (χ1n) is 7.95. The average Bonchev–Trinajstić information content (AvgIpc) is 2.41. The van der Waals surface area contributed by atoms with Crippen LogP contribution < -0.4 is 5.32 Å². The molecule has 1 aliphatic rings. The van der Waals surface area contributed by atoms with Crippen molar-refractivity contribution in [2.24, 2.45) is 5.41 Å². The molecule has 4 heteroatoms. The molecule has 20 heavy (non-hydrogen) atoms. The minimum atomic E-state index is -0.543. The summed E-state index contributed by atoms with van der Waals surface area (Å²) < 4.78 is 5.93. The van der Waals surface area contributed by atoms with E-state index in [2.05, 4.69) is 5.32 Å². The molecule has 1 aliphatic carbocycles. The van der Waals surface area contributed by atoms with E-state index in [1.807, 2.05) is 27.7 Å². The fourth-order valence-electron chi connectivity index (χ4n) is 2.39. The van der Waals surface area contributed by atoms with Gasteiger partial charge in [-0.2, -0.15) is 0 Å². The topological polar surface area (TPSA) is 58.6 Å². The molecule has 0 aromatic heterocycles. The number of nitrogens with one attached hydrogen (secondary N) is 1. The molecule has 0 aromatic rings. The maximum Gasteiger partial charge on any atom is 0.249 e. The number of ether oxygens (including phenoxy) is 1. The van der Waals surface area contributed by atoms with Gasteiger partial charge in [-0.15, -0.1) is 0 Å². The van der Waals surface area contributed by atoms with Crippen molar-refractivity contribution in [2.75, 3.05) is 6.54 Å². The van der Waals surface area contributed by atoms with Gasteiger partial charge >= 0.3 is 0 Å². The summed E-state index contributed by atoms with van der Waals surface area (Å²) in [6.07, 6.45) is 5.78. The highest BCUT2D eigenvalue weighted by atomic mass is 16.5. The molecule has 4 nitrogen and oxygen atoms in total. The van der Waals surface area contributed by atoms with E-state index in [1.54, 1.807) is 0 Å². The van der Waals surface area contributed by atoms with Crippen LogP contribution in [0.25, 0.3) is 0 Å². The predicted molar refractivity (Wildman–Crippen MR) is 80.5 cm³/mol. The Morgan fingerprint density at radius 1 is 1.30 bits per heavy atom. The van der Waals surface area contributed by atoms with Gasteiger partial charge in [-0.05, 0) is 24.7 Å². The van der Waals surface area contributed by atoms with Gasteiger partial charge in [-0.1, -0.05) is 47.0 Å². The van der Waals surface area contributed by atoms with E-state index in [0.29, 0.717) is 6.42 Å². The van der Waals surface area contributed by atoms with Gasteiger partial charge in [-0.3, -0.25) is 4.79 Å². The van der Waals surface area contributed by atoms with Gasteiger partial charge in [0.1, 0.15) is 6.10 Å². The highest BCUT2D eigenvalue weighted by Crippen LogP contribution is 2.22. The van der Waals surface area contributed by atoms with E-state index in [9.17, 15) is 9.90 Å². The number of aliphatic hydroxyl groups excluding tert-OH is 1. The standard InChI is InChI=1S/C16H31NO3/c1-5-13(20-12-9-7-6-8-10-12)15(19)17-11-14(18)16(2,3)4/h12-14,18H,5-11H2,1-4H3,(H,17,19). The normalized spacial score (nSPS) is 20.4. The van der Waals surface area contributed by atoms with Crippen molar-refractivity contribution >= 4 is 5.91 Å². The molecule has 0 heterocycles. The van der Waals surface area contributed by atoms with Crippen LogP contribution in [0.5, 0.6) is 0 Å². The SMILES string of the molecule is CCC(OC1CCCCC1)C(=O)NCC(O)C(C)(C)C. The Labute approximate surface area is 123 Å². The van der Waals surface area contributed by atoms with Crippen molar-refractivity contribution in [3.8, 4) is 0 Å². The van der Waals surface area contributed by atoms with E-state index in [4.69, 9.17) is 4.74 Å². The molecule has 1 fully saturated rings. The number of carbonyl (C=O) groups excluding carboxylic acids is 1. The Balaban J connectivity index is 2.38. The van der Waals surface area contributed by atoms with Gasteiger partial charge in [0, 0.05) is 6.54 Å². The molecule has 0 spiro atoms. The second-order valence-electron chi connectivity index (χ2n) is 6.92. The van der Waals surface area contributed by atoms with Gasteiger partial charge < -0.3 is 15.2 Å². The van der Waals surface area contributed by atoms with Gasteiger partial charge in [0.05, 0.1) is 12.2 Å². The number of hydrogen-bond donors (Lipinski definition) is 2. The first-order chi connectivity index (χ1) is 9.34. The number of carbonyl (C=O) groups is 1. The monoisotopic (exact) mass is 285 g/mol. The number of rotatable bonds is 6. The first kappa shape index (κ1) is 17.4. The Hall–Kier alpha value is -0.610. The molecule has 1 saturated carbocycles. The number of aliphatic hydroxyl groups is 1. The van der Waals surface area contributed by atoms with Gasteiger partial charge in [0.2, 0.25) is 5.91 Å². The van der Waals surface area contributed by atoms with Crippen molar-refractivity contribution in [1.29, 1.82) is 0 Å². The maximum absolute atomic E-state index is 12.1. The van der Waals surface area contributed by atoms with Gasteiger partial charge in [0.25, 0.3) is 0 Å². The third-order valence-corrected chi connectivity index (χ3v) is 4.04. The zero-order valence-corrected chi connectivity index (χ0v) is 13.4. The summed E-state index contributed by atoms with van der Waals surface area (Å²) in [5.41, 5.74) is -0.223. The Morgan fingerprint density at radius 2 is 1.90 bits per heavy atom. The molecule has 0 aromatic carbocycles. The van der Waals surface area contributed by atoms with Crippen LogP contribution in [-0.2, 0) is 9.53 Å². The quantitative estimate of drug-likeness (QED) is 0.789. The average molecular weight is 285 g/mol. The number of amides is 1. The van der Waals surface area contributed by atoms with Crippen LogP contribution in [0.1, 0.15) is 66.2 Å². The lowest BCUT2D eigenvalue weighted by molar-refractivity contribution is -0.139. The van der Waals surface area contributed by atoms with E-state index < -0.39 is 6.10 Å². The molecule has 2 unspecified atom stereocenters. The third kappa shape index (κ3) is 5.80. The van der Waals surface area contributed by atoms with Crippen molar-refractivity contribution in [1.82, 2.24) is 5.32 Å². The molecule has 1 amide bonds. The molecule has 0 radical (unpaired) electrons. The summed E-state index contributed by atoms with van der Waals surface area (Å²) >= 11 is 0. The van der Waals surface area contributed by atoms with E-state index in [-0.39, 0.29) is 30.1 Å². The molecule has 2 atom stereocenters. The maximum atomic E-state index is 12.1. The van der Waals surface area contributed by atoms with Crippen molar-refractivity contribution in [2.45, 2.75) is 84.5 Å². The summed E-state index contributed by atoms with van der Waals surface area (Å²) in [7, 11) is 0. The Bertz CT molecular complexity index is 293. The van der Waals surface area contributed by atoms with Crippen molar-refractivity contribution in [3.05, 3.63) is 0 Å². The van der Waals surface area contributed by atoms with E-state index in [1.165, 1.54) is 19.3 Å². The van der Waals surface area contributed by atoms with E-state index >= 15 is 0 Å². The second kappa shape index (κ2) is 7.99. The minimum absolute atomic E-state index is 0.0960. The lowest BCUT2D eigenvalue weighted by atomic mass is 9.89. The summed E-state index contributed by atoms with van der Waals surface area (Å²) in [6, 6.07) is 0. The van der Waals surface area contributed by atoms with Crippen LogP contribution in [0, 0.1) is 5.41 Å². The zero-order valence-electron chi connectivity index (χ0n) is 13.4. The lowest BCUT2D eigenvalue weighted by Crippen LogP contribution is -2.44. The summed E-state index contributed by atoms with van der Waals surface area (Å²) in [4.78, 5) is 12.1. The predicted octanol–water partition coefficient (Wildman–Crippen LogP) is 2.64. The highest BCUT2D eigenvalue weighted by Gasteiger charge is 2.26. The molecule has 0 bridgehead atoms. The fraction of sp³-hybridized carbons (Fsp3) is 0.938. The molecule has 118 valence electrons. The fourth-order valence-corrected chi connectivity index (χ4v) is 2.39. The first-order valence-corrected chi connectivity index (χ1v) is 7.95. The van der Waals surface area contributed by atoms with Crippen molar-refractivity contribution in [3.63, 3.8) is 0 Å². The van der Waals surface area contributed by atoms with E-state index in [0.717, 1.165) is 12.8 Å².